The van der Waals surface area contributed by atoms with Crippen LogP contribution in [0.15, 0.2) is 47.5 Å². The Hall–Kier alpha value is -3.22. The van der Waals surface area contributed by atoms with Crippen molar-refractivity contribution in [3.63, 3.8) is 0 Å². The number of pyridine rings is 2. The average molecular weight is 389 g/mol. The van der Waals surface area contributed by atoms with Crippen molar-refractivity contribution in [1.29, 1.82) is 0 Å². The molecular formula is C22H23N5O2. The zero-order valence-corrected chi connectivity index (χ0v) is 16.5. The van der Waals surface area contributed by atoms with Crippen LogP contribution in [0, 0.1) is 19.8 Å². The Morgan fingerprint density at radius 2 is 2.00 bits per heavy atom. The number of rotatable bonds is 4. The number of aromatic nitrogens is 3. The lowest BCUT2D eigenvalue weighted by molar-refractivity contribution is 0.0692. The first-order valence-corrected chi connectivity index (χ1v) is 9.95. The van der Waals surface area contributed by atoms with E-state index in [1.165, 1.54) is 6.26 Å². The number of amides is 1. The molecule has 1 aliphatic carbocycles. The summed E-state index contributed by atoms with van der Waals surface area (Å²) in [5.74, 6) is 1.73. The van der Waals surface area contributed by atoms with Gasteiger partial charge in [-0.15, -0.1) is 0 Å². The highest BCUT2D eigenvalue weighted by molar-refractivity contribution is 5.99. The van der Waals surface area contributed by atoms with E-state index in [0.29, 0.717) is 23.1 Å². The van der Waals surface area contributed by atoms with Gasteiger partial charge in [-0.1, -0.05) is 6.07 Å². The van der Waals surface area contributed by atoms with Crippen molar-refractivity contribution in [2.75, 3.05) is 11.9 Å². The molecular weight excluding hydrogens is 366 g/mol. The monoisotopic (exact) mass is 389 g/mol. The predicted octanol–water partition coefficient (Wildman–Crippen LogP) is 3.46. The second-order valence-corrected chi connectivity index (χ2v) is 8.08. The van der Waals surface area contributed by atoms with Crippen molar-refractivity contribution < 1.29 is 9.21 Å². The van der Waals surface area contributed by atoms with Crippen molar-refractivity contribution in [2.45, 2.75) is 38.8 Å². The van der Waals surface area contributed by atoms with E-state index in [1.54, 1.807) is 12.4 Å². The normalized spacial score (nSPS) is 22.8. The third kappa shape index (κ3) is 3.26. The number of carbonyl (C=O) groups is 1. The minimum Gasteiger partial charge on any atom is -0.443 e. The molecule has 0 radical (unpaired) electrons. The third-order valence-corrected chi connectivity index (χ3v) is 5.88. The molecule has 1 aliphatic heterocycles. The van der Waals surface area contributed by atoms with E-state index < -0.39 is 0 Å². The lowest BCUT2D eigenvalue weighted by Gasteiger charge is -2.34. The van der Waals surface area contributed by atoms with E-state index in [-0.39, 0.29) is 18.0 Å². The fourth-order valence-electron chi connectivity index (χ4n) is 4.55. The summed E-state index contributed by atoms with van der Waals surface area (Å²) in [4.78, 5) is 28.6. The molecule has 0 aromatic carbocycles. The number of fused-ring (bicyclic) bond motifs is 2. The number of aryl methyl sites for hydroxylation is 2. The van der Waals surface area contributed by atoms with E-state index in [9.17, 15) is 4.79 Å². The molecule has 2 fully saturated rings. The molecule has 1 saturated heterocycles. The van der Waals surface area contributed by atoms with E-state index in [1.807, 2.05) is 43.1 Å². The fourth-order valence-corrected chi connectivity index (χ4v) is 4.55. The largest absolute Gasteiger partial charge is 0.443 e. The molecule has 5 rings (SSSR count). The topological polar surface area (TPSA) is 84.2 Å². The summed E-state index contributed by atoms with van der Waals surface area (Å²) < 4.78 is 5.42. The maximum Gasteiger partial charge on any atom is 0.256 e. The minimum absolute atomic E-state index is 0.00901. The van der Waals surface area contributed by atoms with E-state index in [2.05, 4.69) is 20.3 Å². The molecule has 0 spiro atoms. The Labute approximate surface area is 169 Å². The Balaban J connectivity index is 1.41. The molecule has 7 heteroatoms. The molecule has 3 aromatic heterocycles. The van der Waals surface area contributed by atoms with Gasteiger partial charge in [0.25, 0.3) is 5.91 Å². The number of carbonyl (C=O) groups excluding carboxylic acids is 1. The molecule has 1 N–H and O–H groups in total. The number of nitrogens with one attached hydrogen (secondary N) is 1. The zero-order valence-electron chi connectivity index (χ0n) is 16.5. The van der Waals surface area contributed by atoms with Crippen molar-refractivity contribution in [1.82, 2.24) is 19.9 Å². The SMILES string of the molecule is Cc1ccc(NC2CC3CC2N(C(=O)c2cc(C)cnc2-c2ncco2)C3)nc1. The van der Waals surface area contributed by atoms with Gasteiger partial charge in [0, 0.05) is 25.0 Å². The van der Waals surface area contributed by atoms with Gasteiger partial charge in [-0.05, 0) is 55.9 Å². The first kappa shape index (κ1) is 17.8. The van der Waals surface area contributed by atoms with Crippen LogP contribution in [0.3, 0.4) is 0 Å². The summed E-state index contributed by atoms with van der Waals surface area (Å²) in [5, 5.41) is 3.54. The second kappa shape index (κ2) is 6.99. The van der Waals surface area contributed by atoms with Crippen molar-refractivity contribution >= 4 is 11.7 Å². The first-order chi connectivity index (χ1) is 14.1. The molecule has 3 aromatic rings. The molecule has 3 unspecified atom stereocenters. The van der Waals surface area contributed by atoms with Crippen molar-refractivity contribution in [3.8, 4) is 11.6 Å². The maximum absolute atomic E-state index is 13.5. The van der Waals surface area contributed by atoms with Crippen LogP contribution >= 0.6 is 0 Å². The number of hydrogen-bond acceptors (Lipinski definition) is 6. The smallest absolute Gasteiger partial charge is 0.256 e. The van der Waals surface area contributed by atoms with Gasteiger partial charge >= 0.3 is 0 Å². The highest BCUT2D eigenvalue weighted by Gasteiger charge is 2.47. The van der Waals surface area contributed by atoms with Crippen LogP contribution in [0.4, 0.5) is 5.82 Å². The summed E-state index contributed by atoms with van der Waals surface area (Å²) in [6.07, 6.45) is 8.74. The second-order valence-electron chi connectivity index (χ2n) is 8.08. The standard InChI is InChI=1S/C22H23N5O2/c1-13-3-4-19(24-10-13)26-17-8-15-9-18(17)27(12-15)22(28)16-7-14(2)11-25-20(16)21-23-5-6-29-21/h3-7,10-11,15,17-18H,8-9,12H2,1-2H3,(H,24,26). The summed E-state index contributed by atoms with van der Waals surface area (Å²) in [5.41, 5.74) is 3.11. The molecule has 2 bridgehead atoms. The Bertz CT molecular complexity index is 1030. The van der Waals surface area contributed by atoms with Crippen LogP contribution in [0.5, 0.6) is 0 Å². The van der Waals surface area contributed by atoms with Gasteiger partial charge in [-0.2, -0.15) is 0 Å². The van der Waals surface area contributed by atoms with Gasteiger partial charge in [0.15, 0.2) is 0 Å². The van der Waals surface area contributed by atoms with Gasteiger partial charge in [0.2, 0.25) is 5.89 Å². The Morgan fingerprint density at radius 3 is 2.72 bits per heavy atom. The number of hydrogen-bond donors (Lipinski definition) is 1. The van der Waals surface area contributed by atoms with Crippen molar-refractivity contribution in [3.05, 3.63) is 59.7 Å². The lowest BCUT2D eigenvalue weighted by atomic mass is 10.0. The Kier molecular flexibility index (Phi) is 4.30. The summed E-state index contributed by atoms with van der Waals surface area (Å²) in [6.45, 7) is 4.74. The van der Waals surface area contributed by atoms with Crippen molar-refractivity contribution in [2.24, 2.45) is 5.92 Å². The fraction of sp³-hybridized carbons (Fsp3) is 0.364. The summed E-state index contributed by atoms with van der Waals surface area (Å²) in [7, 11) is 0. The number of oxazole rings is 1. The number of nitrogens with zero attached hydrogens (tertiary/aromatic N) is 4. The van der Waals surface area contributed by atoms with Gasteiger partial charge in [0.1, 0.15) is 17.8 Å². The number of piperidine rings is 1. The van der Waals surface area contributed by atoms with Gasteiger partial charge in [0.05, 0.1) is 17.8 Å². The predicted molar refractivity (Wildman–Crippen MR) is 108 cm³/mol. The molecule has 4 heterocycles. The molecule has 1 amide bonds. The number of anilines is 1. The van der Waals surface area contributed by atoms with Gasteiger partial charge in [-0.25, -0.2) is 9.97 Å². The summed E-state index contributed by atoms with van der Waals surface area (Å²) >= 11 is 0. The Morgan fingerprint density at radius 1 is 1.14 bits per heavy atom. The highest BCUT2D eigenvalue weighted by Crippen LogP contribution is 2.40. The summed E-state index contributed by atoms with van der Waals surface area (Å²) in [6, 6.07) is 6.28. The minimum atomic E-state index is -0.00901. The zero-order chi connectivity index (χ0) is 20.0. The van der Waals surface area contributed by atoms with Crippen LogP contribution in [0.1, 0.15) is 34.3 Å². The molecule has 148 valence electrons. The van der Waals surface area contributed by atoms with Gasteiger partial charge < -0.3 is 14.6 Å². The molecule has 3 atom stereocenters. The average Bonchev–Trinajstić information content (AvgIpc) is 3.46. The quantitative estimate of drug-likeness (QED) is 0.736. The van der Waals surface area contributed by atoms with Crippen LogP contribution in [0.2, 0.25) is 0 Å². The van der Waals surface area contributed by atoms with E-state index in [0.717, 1.165) is 36.3 Å². The maximum atomic E-state index is 13.5. The van der Waals surface area contributed by atoms with E-state index >= 15 is 0 Å². The van der Waals surface area contributed by atoms with Crippen LogP contribution in [-0.4, -0.2) is 44.4 Å². The van der Waals surface area contributed by atoms with Gasteiger partial charge in [-0.3, -0.25) is 9.78 Å². The van der Waals surface area contributed by atoms with Crippen LogP contribution < -0.4 is 5.32 Å². The first-order valence-electron chi connectivity index (χ1n) is 9.95. The van der Waals surface area contributed by atoms with Crippen LogP contribution in [0.25, 0.3) is 11.6 Å². The molecule has 1 saturated carbocycles. The van der Waals surface area contributed by atoms with Crippen LogP contribution in [-0.2, 0) is 0 Å². The highest BCUT2D eigenvalue weighted by atomic mass is 16.3. The molecule has 2 aliphatic rings. The number of likely N-dealkylation sites (tertiary alicyclic amines) is 1. The van der Waals surface area contributed by atoms with E-state index in [4.69, 9.17) is 4.42 Å². The lowest BCUT2D eigenvalue weighted by Crippen LogP contribution is -2.48. The molecule has 7 nitrogen and oxygen atoms in total. The molecule has 29 heavy (non-hydrogen) atoms. The third-order valence-electron chi connectivity index (χ3n) is 5.88.